The molecule has 0 aliphatic carbocycles. The van der Waals surface area contributed by atoms with Crippen molar-refractivity contribution < 1.29 is 19.0 Å². The lowest BCUT2D eigenvalue weighted by Gasteiger charge is -2.36. The van der Waals surface area contributed by atoms with Crippen LogP contribution in [0.3, 0.4) is 0 Å². The van der Waals surface area contributed by atoms with Gasteiger partial charge in [0.05, 0.1) is 9.85 Å². The summed E-state index contributed by atoms with van der Waals surface area (Å²) < 4.78 is 13.2. The molecule has 0 saturated carbocycles. The third-order valence-corrected chi connectivity index (χ3v) is 5.37. The maximum Gasteiger partial charge on any atom is 0.355 e. The highest BCUT2D eigenvalue weighted by Crippen LogP contribution is 2.32. The van der Waals surface area contributed by atoms with Crippen LogP contribution >= 0.6 is 0 Å². The summed E-state index contributed by atoms with van der Waals surface area (Å²) in [6.45, 7) is 1.88. The minimum Gasteiger partial charge on any atom is -0.368 e. The molecule has 35 heavy (non-hydrogen) atoms. The van der Waals surface area contributed by atoms with Crippen molar-refractivity contribution in [2.75, 3.05) is 41.4 Å². The first-order valence-corrected chi connectivity index (χ1v) is 10.4. The Morgan fingerprint density at radius 3 is 2.29 bits per heavy atom. The standard InChI is InChI=1S/C21H19FN8O5/c22-15-4-6-16(7-5-15)27-8-10-28(11-9-27)20-18(30(34)35)19(23-13-24-20)25-26-21(31)14-2-1-3-17(12-14)29(32)33/h1-7,12-13H,8-11H2,(H,26,31)(H,23,24,25). The van der Waals surface area contributed by atoms with E-state index in [2.05, 4.69) is 20.8 Å². The lowest BCUT2D eigenvalue weighted by atomic mass is 10.2. The molecule has 0 unspecified atom stereocenters. The number of aromatic nitrogens is 2. The van der Waals surface area contributed by atoms with Crippen LogP contribution in [0.5, 0.6) is 0 Å². The molecule has 1 fully saturated rings. The van der Waals surface area contributed by atoms with Gasteiger partial charge in [-0.25, -0.2) is 14.4 Å². The number of nitro groups is 2. The molecule has 0 spiro atoms. The highest BCUT2D eigenvalue weighted by molar-refractivity contribution is 5.95. The van der Waals surface area contributed by atoms with Crippen LogP contribution in [0.1, 0.15) is 10.4 Å². The molecule has 1 aliphatic rings. The van der Waals surface area contributed by atoms with Gasteiger partial charge in [0.25, 0.3) is 11.6 Å². The van der Waals surface area contributed by atoms with Crippen LogP contribution in [0.25, 0.3) is 0 Å². The molecule has 1 saturated heterocycles. The molecule has 2 aromatic carbocycles. The molecule has 0 bridgehead atoms. The molecule has 0 atom stereocenters. The Kier molecular flexibility index (Phi) is 6.62. The number of non-ortho nitro benzene ring substituents is 1. The number of benzene rings is 2. The van der Waals surface area contributed by atoms with Crippen LogP contribution < -0.4 is 20.7 Å². The van der Waals surface area contributed by atoms with Crippen LogP contribution in [0.4, 0.5) is 33.1 Å². The average molecular weight is 482 g/mol. The largest absolute Gasteiger partial charge is 0.368 e. The molecular weight excluding hydrogens is 463 g/mol. The summed E-state index contributed by atoms with van der Waals surface area (Å²) >= 11 is 0. The Morgan fingerprint density at radius 1 is 0.943 bits per heavy atom. The third kappa shape index (κ3) is 5.21. The number of rotatable bonds is 7. The van der Waals surface area contributed by atoms with Gasteiger partial charge in [-0.15, -0.1) is 0 Å². The fourth-order valence-electron chi connectivity index (χ4n) is 3.64. The summed E-state index contributed by atoms with van der Waals surface area (Å²) in [5.41, 5.74) is 4.83. The molecule has 1 aliphatic heterocycles. The summed E-state index contributed by atoms with van der Waals surface area (Å²) in [6, 6.07) is 11.1. The van der Waals surface area contributed by atoms with Gasteiger partial charge in [-0.3, -0.25) is 35.9 Å². The summed E-state index contributed by atoms with van der Waals surface area (Å²) in [5, 5.41) is 22.8. The predicted molar refractivity (Wildman–Crippen MR) is 124 cm³/mol. The van der Waals surface area contributed by atoms with Crippen molar-refractivity contribution in [2.24, 2.45) is 0 Å². The quantitative estimate of drug-likeness (QED) is 0.378. The summed E-state index contributed by atoms with van der Waals surface area (Å²) in [6.07, 6.45) is 1.14. The third-order valence-electron chi connectivity index (χ3n) is 5.37. The Morgan fingerprint density at radius 2 is 1.63 bits per heavy atom. The van der Waals surface area contributed by atoms with Crippen LogP contribution in [0.2, 0.25) is 0 Å². The normalized spacial score (nSPS) is 13.3. The van der Waals surface area contributed by atoms with Crippen LogP contribution in [0, 0.1) is 26.0 Å². The number of piperazine rings is 1. The van der Waals surface area contributed by atoms with Crippen molar-refractivity contribution in [3.63, 3.8) is 0 Å². The number of carbonyl (C=O) groups excluding carboxylic acids is 1. The molecule has 1 amide bonds. The van der Waals surface area contributed by atoms with Crippen molar-refractivity contribution in [3.8, 4) is 0 Å². The second kappa shape index (κ2) is 9.94. The number of carbonyl (C=O) groups is 1. The predicted octanol–water partition coefficient (Wildman–Crippen LogP) is 2.52. The highest BCUT2D eigenvalue weighted by atomic mass is 19.1. The number of halogens is 1. The van der Waals surface area contributed by atoms with Gasteiger partial charge in [-0.05, 0) is 30.3 Å². The first-order valence-electron chi connectivity index (χ1n) is 10.4. The number of hydrazine groups is 1. The second-order valence-electron chi connectivity index (χ2n) is 7.49. The molecule has 2 heterocycles. The fraction of sp³-hybridized carbons (Fsp3) is 0.190. The van der Waals surface area contributed by atoms with Crippen molar-refractivity contribution >= 4 is 34.6 Å². The SMILES string of the molecule is O=C(NNc1ncnc(N2CCN(c3ccc(F)cc3)CC2)c1[N+](=O)[O-])c1cccc([N+](=O)[O-])c1. The Hall–Kier alpha value is -4.88. The van der Waals surface area contributed by atoms with Gasteiger partial charge in [-0.2, -0.15) is 0 Å². The van der Waals surface area contributed by atoms with E-state index in [9.17, 15) is 29.4 Å². The second-order valence-corrected chi connectivity index (χ2v) is 7.49. The number of nitro benzene ring substituents is 1. The topological polar surface area (TPSA) is 160 Å². The Balaban J connectivity index is 1.48. The van der Waals surface area contributed by atoms with Gasteiger partial charge in [0.2, 0.25) is 11.6 Å². The summed E-state index contributed by atoms with van der Waals surface area (Å²) in [5.74, 6) is -1.23. The first-order chi connectivity index (χ1) is 16.8. The smallest absolute Gasteiger partial charge is 0.355 e. The zero-order chi connectivity index (χ0) is 24.9. The monoisotopic (exact) mass is 482 g/mol. The number of nitrogens with zero attached hydrogens (tertiary/aromatic N) is 6. The lowest BCUT2D eigenvalue weighted by molar-refractivity contribution is -0.384. The number of amides is 1. The van der Waals surface area contributed by atoms with E-state index in [4.69, 9.17) is 0 Å². The van der Waals surface area contributed by atoms with E-state index >= 15 is 0 Å². The molecule has 0 radical (unpaired) electrons. The molecule has 4 rings (SSSR count). The average Bonchev–Trinajstić information content (AvgIpc) is 2.87. The molecule has 1 aromatic heterocycles. The van der Waals surface area contributed by atoms with Crippen molar-refractivity contribution in [1.29, 1.82) is 0 Å². The lowest BCUT2D eigenvalue weighted by Crippen LogP contribution is -2.47. The Labute approximate surface area is 197 Å². The zero-order valence-corrected chi connectivity index (χ0v) is 18.1. The van der Waals surface area contributed by atoms with Crippen LogP contribution in [-0.2, 0) is 0 Å². The van der Waals surface area contributed by atoms with Crippen molar-refractivity contribution in [3.05, 3.63) is 86.5 Å². The van der Waals surface area contributed by atoms with Gasteiger partial charge < -0.3 is 9.80 Å². The van der Waals surface area contributed by atoms with E-state index in [1.54, 1.807) is 17.0 Å². The van der Waals surface area contributed by atoms with E-state index in [0.717, 1.165) is 18.1 Å². The molecular formula is C21H19FN8O5. The molecule has 3 aromatic rings. The van der Waals surface area contributed by atoms with Gasteiger partial charge >= 0.3 is 5.69 Å². The summed E-state index contributed by atoms with van der Waals surface area (Å²) in [7, 11) is 0. The van der Waals surface area contributed by atoms with Crippen LogP contribution in [0.15, 0.2) is 54.9 Å². The number of hydrogen-bond acceptors (Lipinski definition) is 10. The first kappa shape index (κ1) is 23.3. The van der Waals surface area contributed by atoms with E-state index in [1.807, 2.05) is 4.90 Å². The summed E-state index contributed by atoms with van der Waals surface area (Å²) in [4.78, 5) is 45.6. The van der Waals surface area contributed by atoms with Gasteiger partial charge in [0.15, 0.2) is 0 Å². The zero-order valence-electron chi connectivity index (χ0n) is 18.1. The highest BCUT2D eigenvalue weighted by Gasteiger charge is 2.29. The van der Waals surface area contributed by atoms with Crippen molar-refractivity contribution in [2.45, 2.75) is 0 Å². The van der Waals surface area contributed by atoms with Crippen molar-refractivity contribution in [1.82, 2.24) is 15.4 Å². The number of hydrogen-bond donors (Lipinski definition) is 2. The van der Waals surface area contributed by atoms with Gasteiger partial charge in [0.1, 0.15) is 12.1 Å². The van der Waals surface area contributed by atoms with E-state index < -0.39 is 21.4 Å². The Bertz CT molecular complexity index is 1260. The number of nitrogens with one attached hydrogen (secondary N) is 2. The molecule has 13 nitrogen and oxygen atoms in total. The minimum atomic E-state index is -0.740. The van der Waals surface area contributed by atoms with Gasteiger partial charge in [-0.1, -0.05) is 6.07 Å². The van der Waals surface area contributed by atoms with E-state index in [1.165, 1.54) is 30.3 Å². The van der Waals surface area contributed by atoms with E-state index in [0.29, 0.717) is 26.2 Å². The molecule has 14 heteroatoms. The van der Waals surface area contributed by atoms with Crippen LogP contribution in [-0.4, -0.2) is 51.9 Å². The maximum atomic E-state index is 13.2. The molecule has 2 N–H and O–H groups in total. The maximum absolute atomic E-state index is 13.2. The van der Waals surface area contributed by atoms with Gasteiger partial charge in [0, 0.05) is 49.6 Å². The fourth-order valence-corrected chi connectivity index (χ4v) is 3.64. The number of anilines is 3. The minimum absolute atomic E-state index is 0.0134. The molecule has 180 valence electrons. The van der Waals surface area contributed by atoms with E-state index in [-0.39, 0.29) is 28.7 Å².